The van der Waals surface area contributed by atoms with E-state index in [1.54, 1.807) is 6.92 Å². The van der Waals surface area contributed by atoms with E-state index in [9.17, 15) is 4.79 Å². The van der Waals surface area contributed by atoms with Crippen LogP contribution in [-0.2, 0) is 4.79 Å². The van der Waals surface area contributed by atoms with E-state index >= 15 is 0 Å². The molecule has 3 atom stereocenters. The third kappa shape index (κ3) is 5.04. The summed E-state index contributed by atoms with van der Waals surface area (Å²) in [6.45, 7) is 5.98. The van der Waals surface area contributed by atoms with Gasteiger partial charge in [-0.05, 0) is 49.6 Å². The van der Waals surface area contributed by atoms with Crippen LogP contribution in [0.2, 0.25) is 0 Å². The Kier molecular flexibility index (Phi) is 6.12. The zero-order valence-corrected chi connectivity index (χ0v) is 14.0. The van der Waals surface area contributed by atoms with E-state index < -0.39 is 0 Å². The fraction of sp³-hybridized carbons (Fsp3) is 0.588. The maximum Gasteiger partial charge on any atom is 0.221 e. The summed E-state index contributed by atoms with van der Waals surface area (Å²) in [6, 6.07) is 9.05. The highest BCUT2D eigenvalue weighted by Crippen LogP contribution is 2.31. The highest BCUT2D eigenvalue weighted by molar-refractivity contribution is 7.99. The fourth-order valence-electron chi connectivity index (χ4n) is 3.02. The molecule has 4 heteroatoms. The van der Waals surface area contributed by atoms with Crippen molar-refractivity contribution in [3.05, 3.63) is 29.8 Å². The van der Waals surface area contributed by atoms with E-state index in [-0.39, 0.29) is 5.91 Å². The summed E-state index contributed by atoms with van der Waals surface area (Å²) >= 11 is 2.09. The Morgan fingerprint density at radius 1 is 1.43 bits per heavy atom. The molecule has 1 aliphatic rings. The molecule has 0 saturated heterocycles. The van der Waals surface area contributed by atoms with Gasteiger partial charge in [0.25, 0.3) is 0 Å². The lowest BCUT2D eigenvalue weighted by atomic mass is 10.1. The Morgan fingerprint density at radius 3 is 2.95 bits per heavy atom. The predicted molar refractivity (Wildman–Crippen MR) is 91.9 cm³/mol. The van der Waals surface area contributed by atoms with Crippen LogP contribution in [-0.4, -0.2) is 23.0 Å². The second kappa shape index (κ2) is 7.85. The average molecular weight is 306 g/mol. The molecule has 1 amide bonds. The van der Waals surface area contributed by atoms with E-state index in [1.807, 2.05) is 12.1 Å². The molecule has 1 aromatic rings. The molecule has 1 fully saturated rings. The Balaban J connectivity index is 1.91. The first-order valence-electron chi connectivity index (χ1n) is 7.83. The van der Waals surface area contributed by atoms with Gasteiger partial charge in [0.05, 0.1) is 0 Å². The van der Waals surface area contributed by atoms with Crippen molar-refractivity contribution in [3.8, 4) is 0 Å². The first-order valence-corrected chi connectivity index (χ1v) is 8.88. The summed E-state index contributed by atoms with van der Waals surface area (Å²) in [5.74, 6) is 1.19. The number of hydrogen-bond donors (Lipinski definition) is 2. The molecule has 21 heavy (non-hydrogen) atoms. The van der Waals surface area contributed by atoms with Gasteiger partial charge in [0.15, 0.2) is 0 Å². The molecule has 0 aliphatic heterocycles. The van der Waals surface area contributed by atoms with Crippen LogP contribution < -0.4 is 10.6 Å². The molecule has 3 nitrogen and oxygen atoms in total. The topological polar surface area (TPSA) is 41.1 Å². The third-order valence-electron chi connectivity index (χ3n) is 3.98. The zero-order valence-electron chi connectivity index (χ0n) is 13.2. The maximum atomic E-state index is 11.1. The lowest BCUT2D eigenvalue weighted by molar-refractivity contribution is -0.114. The van der Waals surface area contributed by atoms with Crippen molar-refractivity contribution in [2.45, 2.75) is 57.4 Å². The van der Waals surface area contributed by atoms with E-state index in [0.717, 1.165) is 10.9 Å². The first kappa shape index (κ1) is 16.4. The fourth-order valence-corrected chi connectivity index (χ4v) is 4.16. The summed E-state index contributed by atoms with van der Waals surface area (Å²) in [4.78, 5) is 11.1. The van der Waals surface area contributed by atoms with Gasteiger partial charge >= 0.3 is 0 Å². The maximum absolute atomic E-state index is 11.1. The molecule has 0 spiro atoms. The van der Waals surface area contributed by atoms with E-state index in [1.165, 1.54) is 30.6 Å². The Labute approximate surface area is 132 Å². The van der Waals surface area contributed by atoms with Gasteiger partial charge in [0.2, 0.25) is 5.91 Å². The second-order valence-corrected chi connectivity index (χ2v) is 7.36. The number of hydrogen-bond acceptors (Lipinski definition) is 3. The molecular formula is C17H26N2OS. The molecule has 1 saturated carbocycles. The van der Waals surface area contributed by atoms with Crippen molar-refractivity contribution in [1.29, 1.82) is 0 Å². The monoisotopic (exact) mass is 306 g/mol. The molecule has 116 valence electrons. The van der Waals surface area contributed by atoms with E-state index in [2.05, 4.69) is 48.4 Å². The highest BCUT2D eigenvalue weighted by Gasteiger charge is 2.25. The van der Waals surface area contributed by atoms with E-state index in [4.69, 9.17) is 0 Å². The van der Waals surface area contributed by atoms with Crippen molar-refractivity contribution >= 4 is 23.4 Å². The van der Waals surface area contributed by atoms with Gasteiger partial charge in [-0.3, -0.25) is 4.79 Å². The second-order valence-electron chi connectivity index (χ2n) is 5.78. The minimum Gasteiger partial charge on any atom is -0.326 e. The van der Waals surface area contributed by atoms with Crippen LogP contribution in [0.5, 0.6) is 0 Å². The first-order chi connectivity index (χ1) is 10.1. The molecule has 1 aromatic carbocycles. The van der Waals surface area contributed by atoms with Gasteiger partial charge in [-0.25, -0.2) is 0 Å². The number of carbonyl (C=O) groups excluding carboxylic acids is 1. The van der Waals surface area contributed by atoms with Crippen molar-refractivity contribution in [2.75, 3.05) is 11.1 Å². The van der Waals surface area contributed by atoms with E-state index in [0.29, 0.717) is 12.1 Å². The van der Waals surface area contributed by atoms with Crippen molar-refractivity contribution in [3.63, 3.8) is 0 Å². The molecule has 3 unspecified atom stereocenters. The number of thioether (sulfide) groups is 1. The lowest BCUT2D eigenvalue weighted by Crippen LogP contribution is -2.29. The quantitative estimate of drug-likeness (QED) is 0.835. The molecule has 0 aromatic heterocycles. The zero-order chi connectivity index (χ0) is 15.2. The van der Waals surface area contributed by atoms with Gasteiger partial charge in [-0.2, -0.15) is 11.8 Å². The van der Waals surface area contributed by atoms with Gasteiger partial charge in [0.1, 0.15) is 0 Å². The normalized spacial score (nSPS) is 23.0. The Bertz CT molecular complexity index is 478. The number of nitrogens with one attached hydrogen (secondary N) is 2. The van der Waals surface area contributed by atoms with Crippen LogP contribution in [0.25, 0.3) is 0 Å². The minimum atomic E-state index is -0.0250. The highest BCUT2D eigenvalue weighted by atomic mass is 32.2. The average Bonchev–Trinajstić information content (AvgIpc) is 2.86. The van der Waals surface area contributed by atoms with Crippen LogP contribution in [0.1, 0.15) is 51.6 Å². The number of rotatable bonds is 6. The Hall–Kier alpha value is -1.00. The van der Waals surface area contributed by atoms with Crippen LogP contribution in [0.3, 0.4) is 0 Å². The number of benzene rings is 1. The van der Waals surface area contributed by atoms with Gasteiger partial charge in [-0.15, -0.1) is 0 Å². The van der Waals surface area contributed by atoms with Crippen molar-refractivity contribution < 1.29 is 4.79 Å². The lowest BCUT2D eigenvalue weighted by Gasteiger charge is -2.20. The van der Waals surface area contributed by atoms with Gasteiger partial charge in [-0.1, -0.05) is 19.1 Å². The Morgan fingerprint density at radius 2 is 2.24 bits per heavy atom. The third-order valence-corrected chi connectivity index (χ3v) is 5.21. The molecule has 2 rings (SSSR count). The van der Waals surface area contributed by atoms with Crippen LogP contribution >= 0.6 is 11.8 Å². The smallest absolute Gasteiger partial charge is 0.221 e. The molecule has 2 N–H and O–H groups in total. The molecule has 0 heterocycles. The molecular weight excluding hydrogens is 280 g/mol. The summed E-state index contributed by atoms with van der Waals surface area (Å²) in [6.07, 6.45) is 3.87. The van der Waals surface area contributed by atoms with Crippen molar-refractivity contribution in [1.82, 2.24) is 5.32 Å². The predicted octanol–water partition coefficient (Wildman–Crippen LogP) is 3.97. The molecule has 1 aliphatic carbocycles. The summed E-state index contributed by atoms with van der Waals surface area (Å²) < 4.78 is 0. The summed E-state index contributed by atoms with van der Waals surface area (Å²) in [5.41, 5.74) is 2.10. The molecule has 0 bridgehead atoms. The SMILES string of the molecule is CCSC1CCC(NC(C)c2cccc(NC(C)=O)c2)C1. The minimum absolute atomic E-state index is 0.0250. The largest absolute Gasteiger partial charge is 0.326 e. The summed E-state index contributed by atoms with van der Waals surface area (Å²) in [5, 5.41) is 7.41. The van der Waals surface area contributed by atoms with Gasteiger partial charge < -0.3 is 10.6 Å². The molecule has 0 radical (unpaired) electrons. The standard InChI is InChI=1S/C17H26N2OS/c1-4-21-17-9-8-16(11-17)18-12(2)14-6-5-7-15(10-14)19-13(3)20/h5-7,10,12,16-18H,4,8-9,11H2,1-3H3,(H,19,20). The van der Waals surface area contributed by atoms with Crippen LogP contribution in [0.15, 0.2) is 24.3 Å². The number of anilines is 1. The van der Waals surface area contributed by atoms with Crippen molar-refractivity contribution in [2.24, 2.45) is 0 Å². The number of carbonyl (C=O) groups is 1. The summed E-state index contributed by atoms with van der Waals surface area (Å²) in [7, 11) is 0. The number of amides is 1. The van der Waals surface area contributed by atoms with Crippen LogP contribution in [0, 0.1) is 0 Å². The van der Waals surface area contributed by atoms with Crippen LogP contribution in [0.4, 0.5) is 5.69 Å². The van der Waals surface area contributed by atoms with Gasteiger partial charge in [0, 0.05) is 29.9 Å².